The summed E-state index contributed by atoms with van der Waals surface area (Å²) in [4.78, 5) is 27.7. The number of methoxy groups -OCH3 is 1. The van der Waals surface area contributed by atoms with Gasteiger partial charge in [-0.25, -0.2) is 4.79 Å². The standard InChI is InChI=1S/C38H56O8Si2/c1-25-20-33-35(44-33)31(42-24-26-16-18-29(41-8)19-17-26)15-13-14-28(39)21-27-22-30(45-47(9,10)37(2,3)4)23-32(34(27)36(40)43-25)46-48(11,12)38(5,6)7/h13,15-19,22-23,25,31,33,35H,14,20-21,24H2,1-12H3/b15-13+/t25-,31+,33+,35-/m1/s1. The quantitative estimate of drug-likeness (QED) is 0.117. The van der Waals surface area contributed by atoms with Crippen molar-refractivity contribution in [1.29, 1.82) is 0 Å². The second kappa shape index (κ2) is 14.5. The lowest BCUT2D eigenvalue weighted by Gasteiger charge is -2.38. The molecule has 2 aromatic carbocycles. The van der Waals surface area contributed by atoms with Gasteiger partial charge in [0, 0.05) is 25.3 Å². The van der Waals surface area contributed by atoms with Gasteiger partial charge in [0.2, 0.25) is 8.32 Å². The lowest BCUT2D eigenvalue weighted by molar-refractivity contribution is -0.117. The highest BCUT2D eigenvalue weighted by atomic mass is 28.4. The van der Waals surface area contributed by atoms with Crippen molar-refractivity contribution in [1.82, 2.24) is 0 Å². The van der Waals surface area contributed by atoms with E-state index in [2.05, 4.69) is 67.7 Å². The number of carbonyl (C=O) groups is 2. The second-order valence-electron chi connectivity index (χ2n) is 16.2. The number of ether oxygens (including phenoxy) is 4. The van der Waals surface area contributed by atoms with E-state index in [-0.39, 0.29) is 47.0 Å². The van der Waals surface area contributed by atoms with Crippen LogP contribution in [0.3, 0.4) is 0 Å². The van der Waals surface area contributed by atoms with Crippen LogP contribution < -0.4 is 13.6 Å². The van der Waals surface area contributed by atoms with Crippen molar-refractivity contribution in [3.8, 4) is 17.2 Å². The fraction of sp³-hybridized carbons (Fsp3) is 0.579. The number of esters is 1. The Kier molecular flexibility index (Phi) is 11.5. The van der Waals surface area contributed by atoms with E-state index < -0.39 is 28.7 Å². The molecule has 1 fully saturated rings. The summed E-state index contributed by atoms with van der Waals surface area (Å²) < 4.78 is 37.3. The summed E-state index contributed by atoms with van der Waals surface area (Å²) in [5, 5.41) is -0.177. The molecule has 0 aromatic heterocycles. The average Bonchev–Trinajstić information content (AvgIpc) is 3.71. The molecule has 0 saturated carbocycles. The minimum atomic E-state index is -2.41. The number of ketones is 1. The summed E-state index contributed by atoms with van der Waals surface area (Å²) in [7, 11) is -3.03. The summed E-state index contributed by atoms with van der Waals surface area (Å²) in [6.07, 6.45) is 3.40. The SMILES string of the molecule is COc1ccc(CO[C@H]2/C=C/CC(=O)Cc3cc(O[Si](C)(C)C(C)(C)C)cc(O[Si](C)(C)C(C)(C)C)c3C(=O)O[C@H](C)C[C@@H]3O[C@H]23)cc1. The maximum atomic E-state index is 14.1. The number of Topliss-reactive ketones (excluding diaryl/α,β-unsaturated/α-hetero) is 1. The van der Waals surface area contributed by atoms with Gasteiger partial charge in [0.25, 0.3) is 8.32 Å². The minimum Gasteiger partial charge on any atom is -0.543 e. The maximum Gasteiger partial charge on any atom is 0.342 e. The van der Waals surface area contributed by atoms with Crippen LogP contribution in [-0.4, -0.2) is 59.9 Å². The predicted octanol–water partition coefficient (Wildman–Crippen LogP) is 8.82. The number of allylic oxidation sites excluding steroid dienone is 1. The zero-order chi connectivity index (χ0) is 35.7. The van der Waals surface area contributed by atoms with Crippen molar-refractivity contribution in [2.45, 2.75) is 135 Å². The van der Waals surface area contributed by atoms with E-state index in [0.29, 0.717) is 35.7 Å². The molecular formula is C38H56O8Si2. The van der Waals surface area contributed by atoms with Crippen molar-refractivity contribution in [2.75, 3.05) is 7.11 Å². The summed E-state index contributed by atoms with van der Waals surface area (Å²) in [6, 6.07) is 11.4. The van der Waals surface area contributed by atoms with Gasteiger partial charge in [-0.2, -0.15) is 0 Å². The lowest BCUT2D eigenvalue weighted by Crippen LogP contribution is -2.45. The van der Waals surface area contributed by atoms with Crippen LogP contribution in [0.5, 0.6) is 17.2 Å². The zero-order valence-electron chi connectivity index (χ0n) is 31.0. The molecule has 0 unspecified atom stereocenters. The minimum absolute atomic E-state index is 0.0334. The lowest BCUT2D eigenvalue weighted by atomic mass is 9.98. The first-order valence-electron chi connectivity index (χ1n) is 17.0. The number of benzene rings is 2. The van der Waals surface area contributed by atoms with Crippen LogP contribution in [0.1, 0.15) is 82.8 Å². The molecule has 264 valence electrons. The highest BCUT2D eigenvalue weighted by molar-refractivity contribution is 6.75. The Labute approximate surface area is 289 Å². The van der Waals surface area contributed by atoms with Crippen LogP contribution in [0.4, 0.5) is 0 Å². The number of cyclic esters (lactones) is 1. The molecule has 4 atom stereocenters. The molecule has 0 radical (unpaired) electrons. The number of carbonyl (C=O) groups excluding carboxylic acids is 2. The highest BCUT2D eigenvalue weighted by Gasteiger charge is 2.46. The van der Waals surface area contributed by atoms with Gasteiger partial charge < -0.3 is 27.8 Å². The van der Waals surface area contributed by atoms with Crippen molar-refractivity contribution in [2.24, 2.45) is 0 Å². The molecule has 2 aliphatic heterocycles. The van der Waals surface area contributed by atoms with Gasteiger partial charge in [-0.05, 0) is 72.5 Å². The third kappa shape index (κ3) is 9.40. The fourth-order valence-corrected chi connectivity index (χ4v) is 7.11. The Hall–Kier alpha value is -2.93. The number of fused-ring (bicyclic) bond motifs is 2. The van der Waals surface area contributed by atoms with E-state index in [0.717, 1.165) is 11.3 Å². The molecule has 48 heavy (non-hydrogen) atoms. The van der Waals surface area contributed by atoms with Crippen LogP contribution in [0.2, 0.25) is 36.3 Å². The molecule has 1 saturated heterocycles. The van der Waals surface area contributed by atoms with Gasteiger partial charge in [-0.3, -0.25) is 4.79 Å². The molecule has 2 aromatic rings. The van der Waals surface area contributed by atoms with E-state index in [1.165, 1.54) is 0 Å². The number of hydrogen-bond donors (Lipinski definition) is 0. The van der Waals surface area contributed by atoms with Crippen LogP contribution in [0, 0.1) is 0 Å². The Morgan fingerprint density at radius 3 is 2.10 bits per heavy atom. The molecule has 0 aliphatic carbocycles. The molecular weight excluding hydrogens is 641 g/mol. The molecule has 0 spiro atoms. The van der Waals surface area contributed by atoms with E-state index in [1.807, 2.05) is 55.5 Å². The van der Waals surface area contributed by atoms with Crippen LogP contribution in [-0.2, 0) is 32.0 Å². The van der Waals surface area contributed by atoms with Crippen LogP contribution in [0.15, 0.2) is 48.6 Å². The molecule has 0 N–H and O–H groups in total. The third-order valence-corrected chi connectivity index (χ3v) is 18.9. The number of epoxide rings is 1. The Morgan fingerprint density at radius 1 is 0.875 bits per heavy atom. The van der Waals surface area contributed by atoms with Crippen LogP contribution >= 0.6 is 0 Å². The molecule has 0 amide bonds. The first-order chi connectivity index (χ1) is 22.2. The molecule has 10 heteroatoms. The van der Waals surface area contributed by atoms with Gasteiger partial charge in [0.1, 0.15) is 46.9 Å². The summed E-state index contributed by atoms with van der Waals surface area (Å²) in [5.74, 6) is 1.27. The monoisotopic (exact) mass is 696 g/mol. The normalized spacial score (nSPS) is 23.2. The predicted molar refractivity (Wildman–Crippen MR) is 194 cm³/mol. The maximum absolute atomic E-state index is 14.1. The first-order valence-corrected chi connectivity index (χ1v) is 22.9. The third-order valence-electron chi connectivity index (χ3n) is 10.2. The molecule has 4 rings (SSSR count). The van der Waals surface area contributed by atoms with Gasteiger partial charge in [0.15, 0.2) is 0 Å². The van der Waals surface area contributed by atoms with E-state index in [1.54, 1.807) is 7.11 Å². The van der Waals surface area contributed by atoms with Gasteiger partial charge >= 0.3 is 5.97 Å². The van der Waals surface area contributed by atoms with E-state index >= 15 is 0 Å². The van der Waals surface area contributed by atoms with Gasteiger partial charge in [-0.15, -0.1) is 0 Å². The van der Waals surface area contributed by atoms with Crippen LogP contribution in [0.25, 0.3) is 0 Å². The summed E-state index contributed by atoms with van der Waals surface area (Å²) >= 11 is 0. The van der Waals surface area contributed by atoms with Gasteiger partial charge in [0.05, 0.1) is 19.8 Å². The van der Waals surface area contributed by atoms with E-state index in [9.17, 15) is 9.59 Å². The molecule has 0 bridgehead atoms. The number of rotatable bonds is 8. The summed E-state index contributed by atoms with van der Waals surface area (Å²) in [6.45, 7) is 23.9. The van der Waals surface area contributed by atoms with Crippen molar-refractivity contribution >= 4 is 28.4 Å². The summed E-state index contributed by atoms with van der Waals surface area (Å²) in [5.41, 5.74) is 1.86. The molecule has 2 heterocycles. The highest BCUT2D eigenvalue weighted by Crippen LogP contribution is 2.43. The Bertz CT molecular complexity index is 1480. The largest absolute Gasteiger partial charge is 0.543 e. The first kappa shape index (κ1) is 37.9. The van der Waals surface area contributed by atoms with Gasteiger partial charge in [-0.1, -0.05) is 65.8 Å². The average molecular weight is 697 g/mol. The molecule has 8 nitrogen and oxygen atoms in total. The van der Waals surface area contributed by atoms with Crippen molar-refractivity contribution in [3.63, 3.8) is 0 Å². The molecule has 2 aliphatic rings. The second-order valence-corrected chi connectivity index (χ2v) is 25.7. The number of hydrogen-bond acceptors (Lipinski definition) is 8. The van der Waals surface area contributed by atoms with E-state index in [4.69, 9.17) is 27.8 Å². The Morgan fingerprint density at radius 2 is 1.50 bits per heavy atom. The fourth-order valence-electron chi connectivity index (χ4n) is 5.08. The topological polar surface area (TPSA) is 92.8 Å². The van der Waals surface area contributed by atoms with Crippen molar-refractivity contribution in [3.05, 3.63) is 65.2 Å². The van der Waals surface area contributed by atoms with Crippen molar-refractivity contribution < 1.29 is 37.4 Å². The Balaban J connectivity index is 1.69. The zero-order valence-corrected chi connectivity index (χ0v) is 33.0. The smallest absolute Gasteiger partial charge is 0.342 e.